The van der Waals surface area contributed by atoms with Gasteiger partial charge >= 0.3 is 0 Å². The minimum atomic E-state index is 0.167. The lowest BCUT2D eigenvalue weighted by Gasteiger charge is -2.25. The van der Waals surface area contributed by atoms with Crippen molar-refractivity contribution in [2.45, 2.75) is 52.4 Å². The third kappa shape index (κ3) is 5.84. The Hall–Kier alpha value is -2.80. The molecule has 0 heterocycles. The van der Waals surface area contributed by atoms with Crippen molar-refractivity contribution in [3.05, 3.63) is 102 Å². The molecule has 3 aromatic rings. The molecule has 0 aliphatic heterocycles. The molecule has 0 spiro atoms. The molecule has 3 rings (SSSR count). The number of rotatable bonds is 8. The molecule has 0 aromatic heterocycles. The van der Waals surface area contributed by atoms with Crippen LogP contribution in [0.3, 0.4) is 0 Å². The topological polar surface area (TPSA) is 9.23 Å². The monoisotopic (exact) mass is 384 g/mol. The van der Waals surface area contributed by atoms with Gasteiger partial charge in [-0.15, -0.1) is 0 Å². The molecular weight excluding hydrogens is 352 g/mol. The first-order valence-corrected chi connectivity index (χ1v) is 10.5. The van der Waals surface area contributed by atoms with Gasteiger partial charge in [-0.1, -0.05) is 74.5 Å². The molecule has 0 amide bonds. The van der Waals surface area contributed by atoms with Crippen LogP contribution in [0.2, 0.25) is 0 Å². The zero-order valence-electron chi connectivity index (χ0n) is 18.1. The fraction of sp³-hybridized carbons (Fsp3) is 0.286. The van der Waals surface area contributed by atoms with Gasteiger partial charge in [0.2, 0.25) is 0 Å². The van der Waals surface area contributed by atoms with Crippen molar-refractivity contribution >= 4 is 5.57 Å². The van der Waals surface area contributed by atoms with E-state index in [9.17, 15) is 0 Å². The fourth-order valence-electron chi connectivity index (χ4n) is 3.62. The van der Waals surface area contributed by atoms with Gasteiger partial charge in [0.1, 0.15) is 11.5 Å². The van der Waals surface area contributed by atoms with E-state index in [1.165, 1.54) is 22.3 Å². The normalized spacial score (nSPS) is 12.1. The van der Waals surface area contributed by atoms with E-state index in [1.54, 1.807) is 0 Å². The Bertz CT molecular complexity index is 934. The number of allylic oxidation sites excluding steroid dienone is 2. The first-order chi connectivity index (χ1) is 14.0. The van der Waals surface area contributed by atoms with Gasteiger partial charge in [-0.2, -0.15) is 0 Å². The van der Waals surface area contributed by atoms with E-state index >= 15 is 0 Å². The van der Waals surface area contributed by atoms with Crippen LogP contribution >= 0.6 is 0 Å². The summed E-state index contributed by atoms with van der Waals surface area (Å²) in [7, 11) is 0. The molecule has 29 heavy (non-hydrogen) atoms. The van der Waals surface area contributed by atoms with Crippen molar-refractivity contribution in [2.75, 3.05) is 0 Å². The molecule has 0 atom stereocenters. The highest BCUT2D eigenvalue weighted by Gasteiger charge is 2.20. The van der Waals surface area contributed by atoms with Crippen LogP contribution in [0.4, 0.5) is 0 Å². The van der Waals surface area contributed by atoms with E-state index in [2.05, 4.69) is 76.2 Å². The predicted molar refractivity (Wildman–Crippen MR) is 125 cm³/mol. The van der Waals surface area contributed by atoms with Crippen molar-refractivity contribution in [3.8, 4) is 11.5 Å². The van der Waals surface area contributed by atoms with Crippen LogP contribution < -0.4 is 4.74 Å². The standard InChI is InChI=1S/C28H32O/c1-5-22(2)24-16-18-25(19-17-24)28(3,4)20-10-12-23-11-9-15-27(21-23)29-26-13-7-6-8-14-26/h5-9,11,13-19,21H,10,12,20H2,1-4H3. The van der Waals surface area contributed by atoms with Gasteiger partial charge in [0.05, 0.1) is 0 Å². The van der Waals surface area contributed by atoms with Crippen molar-refractivity contribution in [2.24, 2.45) is 0 Å². The molecule has 0 radical (unpaired) electrons. The van der Waals surface area contributed by atoms with Gasteiger partial charge in [-0.25, -0.2) is 0 Å². The lowest BCUT2D eigenvalue weighted by atomic mass is 9.79. The maximum Gasteiger partial charge on any atom is 0.127 e. The molecule has 1 heteroatoms. The van der Waals surface area contributed by atoms with Crippen LogP contribution in [0.25, 0.3) is 5.57 Å². The average molecular weight is 385 g/mol. The Balaban J connectivity index is 1.58. The van der Waals surface area contributed by atoms with Gasteiger partial charge in [-0.3, -0.25) is 0 Å². The summed E-state index contributed by atoms with van der Waals surface area (Å²) in [6, 6.07) is 27.5. The molecule has 0 N–H and O–H groups in total. The van der Waals surface area contributed by atoms with E-state index in [0.29, 0.717) is 0 Å². The molecule has 0 saturated heterocycles. The van der Waals surface area contributed by atoms with Crippen molar-refractivity contribution < 1.29 is 4.74 Å². The number of hydrogen-bond acceptors (Lipinski definition) is 1. The van der Waals surface area contributed by atoms with E-state index in [4.69, 9.17) is 4.74 Å². The SMILES string of the molecule is CC=C(C)c1ccc(C(C)(C)CCCc2cccc(Oc3ccccc3)c2)cc1. The van der Waals surface area contributed by atoms with Gasteiger partial charge in [0.15, 0.2) is 0 Å². The summed E-state index contributed by atoms with van der Waals surface area (Å²) < 4.78 is 5.97. The smallest absolute Gasteiger partial charge is 0.127 e. The first kappa shape index (κ1) is 20.9. The zero-order valence-corrected chi connectivity index (χ0v) is 18.1. The molecule has 0 aliphatic carbocycles. The van der Waals surface area contributed by atoms with E-state index in [0.717, 1.165) is 30.8 Å². The fourth-order valence-corrected chi connectivity index (χ4v) is 3.62. The Morgan fingerprint density at radius 3 is 2.24 bits per heavy atom. The Kier molecular flexibility index (Phi) is 6.93. The minimum absolute atomic E-state index is 0.167. The number of ether oxygens (including phenoxy) is 1. The molecule has 0 unspecified atom stereocenters. The molecule has 0 aliphatic rings. The van der Waals surface area contributed by atoms with Crippen LogP contribution in [0, 0.1) is 0 Å². The summed E-state index contributed by atoms with van der Waals surface area (Å²) in [6.07, 6.45) is 5.52. The van der Waals surface area contributed by atoms with Gasteiger partial charge in [-0.05, 0) is 85.1 Å². The molecule has 0 bridgehead atoms. The third-order valence-corrected chi connectivity index (χ3v) is 5.70. The lowest BCUT2D eigenvalue weighted by Crippen LogP contribution is -2.17. The molecular formula is C28H32O. The summed E-state index contributed by atoms with van der Waals surface area (Å²) >= 11 is 0. The largest absolute Gasteiger partial charge is 0.457 e. The predicted octanol–water partition coefficient (Wildman–Crippen LogP) is 8.20. The first-order valence-electron chi connectivity index (χ1n) is 10.5. The van der Waals surface area contributed by atoms with Crippen molar-refractivity contribution in [1.82, 2.24) is 0 Å². The highest BCUT2D eigenvalue weighted by molar-refractivity contribution is 5.63. The lowest BCUT2D eigenvalue weighted by molar-refractivity contribution is 0.460. The highest BCUT2D eigenvalue weighted by atomic mass is 16.5. The molecule has 0 fully saturated rings. The maximum atomic E-state index is 5.97. The number of benzene rings is 3. The van der Waals surface area contributed by atoms with E-state index < -0.39 is 0 Å². The third-order valence-electron chi connectivity index (χ3n) is 5.70. The second-order valence-corrected chi connectivity index (χ2v) is 8.35. The average Bonchev–Trinajstić information content (AvgIpc) is 2.74. The zero-order chi connectivity index (χ0) is 20.7. The molecule has 0 saturated carbocycles. The molecule has 3 aromatic carbocycles. The number of para-hydroxylation sites is 1. The highest BCUT2D eigenvalue weighted by Crippen LogP contribution is 2.30. The van der Waals surface area contributed by atoms with Gasteiger partial charge in [0.25, 0.3) is 0 Å². The quantitative estimate of drug-likeness (QED) is 0.380. The summed E-state index contributed by atoms with van der Waals surface area (Å²) in [5.74, 6) is 1.78. The summed E-state index contributed by atoms with van der Waals surface area (Å²) in [6.45, 7) is 8.95. The van der Waals surface area contributed by atoms with Crippen LogP contribution in [0.5, 0.6) is 11.5 Å². The number of hydrogen-bond donors (Lipinski definition) is 0. The van der Waals surface area contributed by atoms with E-state index in [-0.39, 0.29) is 5.41 Å². The van der Waals surface area contributed by atoms with Crippen LogP contribution in [-0.2, 0) is 11.8 Å². The second kappa shape index (κ2) is 9.60. The van der Waals surface area contributed by atoms with Gasteiger partial charge < -0.3 is 4.74 Å². The summed E-state index contributed by atoms with van der Waals surface area (Å²) in [5.41, 5.74) is 5.54. The molecule has 1 nitrogen and oxygen atoms in total. The maximum absolute atomic E-state index is 5.97. The van der Waals surface area contributed by atoms with Gasteiger partial charge in [0, 0.05) is 0 Å². The van der Waals surface area contributed by atoms with Crippen LogP contribution in [0.15, 0.2) is 84.9 Å². The number of aryl methyl sites for hydroxylation is 1. The Morgan fingerprint density at radius 1 is 0.862 bits per heavy atom. The molecule has 150 valence electrons. The van der Waals surface area contributed by atoms with Crippen LogP contribution in [-0.4, -0.2) is 0 Å². The second-order valence-electron chi connectivity index (χ2n) is 8.35. The van der Waals surface area contributed by atoms with Crippen LogP contribution in [0.1, 0.15) is 57.2 Å². The van der Waals surface area contributed by atoms with Crippen molar-refractivity contribution in [1.29, 1.82) is 0 Å². The summed E-state index contributed by atoms with van der Waals surface area (Å²) in [5, 5.41) is 0. The Labute approximate surface area is 176 Å². The summed E-state index contributed by atoms with van der Waals surface area (Å²) in [4.78, 5) is 0. The Morgan fingerprint density at radius 2 is 1.55 bits per heavy atom. The van der Waals surface area contributed by atoms with Crippen molar-refractivity contribution in [3.63, 3.8) is 0 Å². The minimum Gasteiger partial charge on any atom is -0.457 e. The van der Waals surface area contributed by atoms with E-state index in [1.807, 2.05) is 36.4 Å².